The SMILES string of the molecule is Cc1cc(C2=NO[C@@](c3cc(Cl)c(Cl)c(Cl)c3)(C(F)(F)F)C2)ccc1C(=O)NC(C)c1cc2c(cc1Cl)C(C)(C)OB2O. The summed E-state index contributed by atoms with van der Waals surface area (Å²) in [5.41, 5.74) is -0.798. The molecule has 0 radical (unpaired) electrons. The standard InChI is InChI=1S/C29H24BCl4F3N2O4/c1-13-7-15(24-12-28(43-39-24,29(35,36)37)16-8-22(32)25(34)23(33)9-16)5-6-17(13)26(40)38-14(2)18-10-20-19(11-21(18)31)27(3,4)42-30(20)41/h5-11,14,41H,12H2,1-4H3,(H,38,40)/t14?,28-/m0/s1. The summed E-state index contributed by atoms with van der Waals surface area (Å²) < 4.78 is 48.9. The molecule has 0 aromatic heterocycles. The minimum Gasteiger partial charge on any atom is -0.423 e. The lowest BCUT2D eigenvalue weighted by molar-refractivity contribution is -0.275. The lowest BCUT2D eigenvalue weighted by Gasteiger charge is -2.30. The molecule has 6 nitrogen and oxygen atoms in total. The van der Waals surface area contributed by atoms with Crippen molar-refractivity contribution in [2.45, 2.75) is 57.5 Å². The molecule has 43 heavy (non-hydrogen) atoms. The maximum atomic E-state index is 14.4. The van der Waals surface area contributed by atoms with Crippen LogP contribution in [0.3, 0.4) is 0 Å². The number of aryl methyl sites for hydroxylation is 1. The lowest BCUT2D eigenvalue weighted by Crippen LogP contribution is -2.42. The molecule has 226 valence electrons. The highest BCUT2D eigenvalue weighted by Gasteiger charge is 2.62. The Labute approximate surface area is 266 Å². The quantitative estimate of drug-likeness (QED) is 0.216. The minimum absolute atomic E-state index is 0.0246. The third-order valence-electron chi connectivity index (χ3n) is 7.74. The first-order chi connectivity index (χ1) is 19.9. The van der Waals surface area contributed by atoms with E-state index in [0.29, 0.717) is 32.7 Å². The fourth-order valence-electron chi connectivity index (χ4n) is 5.37. The molecule has 0 spiro atoms. The molecular formula is C29H24BCl4F3N2O4. The summed E-state index contributed by atoms with van der Waals surface area (Å²) in [6, 6.07) is 9.58. The lowest BCUT2D eigenvalue weighted by atomic mass is 9.77. The fourth-order valence-corrected chi connectivity index (χ4v) is 6.29. The summed E-state index contributed by atoms with van der Waals surface area (Å²) >= 11 is 24.5. The van der Waals surface area contributed by atoms with Crippen LogP contribution in [0.1, 0.15) is 71.4 Å². The number of halogens is 7. The van der Waals surface area contributed by atoms with Gasteiger partial charge in [-0.25, -0.2) is 0 Å². The Hall–Kier alpha value is -2.47. The van der Waals surface area contributed by atoms with Gasteiger partial charge < -0.3 is 19.8 Å². The van der Waals surface area contributed by atoms with Crippen LogP contribution < -0.4 is 10.8 Å². The van der Waals surface area contributed by atoms with Crippen molar-refractivity contribution in [1.82, 2.24) is 5.32 Å². The molecule has 0 aliphatic carbocycles. The largest absolute Gasteiger partial charge is 0.492 e. The molecule has 0 saturated heterocycles. The van der Waals surface area contributed by atoms with Gasteiger partial charge in [0.2, 0.25) is 0 Å². The number of carbonyl (C=O) groups is 1. The number of carbonyl (C=O) groups excluding carboxylic acids is 1. The van der Waals surface area contributed by atoms with Crippen LogP contribution in [0.15, 0.2) is 47.6 Å². The number of oxime groups is 1. The van der Waals surface area contributed by atoms with Crippen molar-refractivity contribution in [2.75, 3.05) is 0 Å². The van der Waals surface area contributed by atoms with Crippen molar-refractivity contribution in [2.24, 2.45) is 5.16 Å². The zero-order valence-electron chi connectivity index (χ0n) is 23.2. The molecule has 0 fully saturated rings. The first kappa shape index (κ1) is 31.9. The van der Waals surface area contributed by atoms with E-state index in [4.69, 9.17) is 55.9 Å². The monoisotopic (exact) mass is 672 g/mol. The number of benzene rings is 3. The van der Waals surface area contributed by atoms with Crippen molar-refractivity contribution in [3.05, 3.63) is 95.9 Å². The third kappa shape index (κ3) is 5.62. The van der Waals surface area contributed by atoms with E-state index in [1.165, 1.54) is 12.1 Å². The molecule has 0 saturated carbocycles. The number of hydrogen-bond acceptors (Lipinski definition) is 5. The van der Waals surface area contributed by atoms with Crippen LogP contribution in [-0.2, 0) is 20.7 Å². The van der Waals surface area contributed by atoms with Gasteiger partial charge in [0.15, 0.2) is 0 Å². The predicted molar refractivity (Wildman–Crippen MR) is 162 cm³/mol. The van der Waals surface area contributed by atoms with Crippen molar-refractivity contribution in [3.8, 4) is 0 Å². The first-order valence-electron chi connectivity index (χ1n) is 13.0. The average Bonchev–Trinajstić information content (AvgIpc) is 3.46. The summed E-state index contributed by atoms with van der Waals surface area (Å²) in [6.07, 6.45) is -5.53. The van der Waals surface area contributed by atoms with Gasteiger partial charge in [-0.3, -0.25) is 4.79 Å². The van der Waals surface area contributed by atoms with Crippen molar-refractivity contribution >= 4 is 70.6 Å². The molecule has 2 atom stereocenters. The highest BCUT2D eigenvalue weighted by atomic mass is 35.5. The molecule has 5 rings (SSSR count). The van der Waals surface area contributed by atoms with Crippen LogP contribution in [0.4, 0.5) is 13.2 Å². The van der Waals surface area contributed by atoms with Gasteiger partial charge in [-0.15, -0.1) is 0 Å². The molecule has 2 aliphatic rings. The molecule has 1 unspecified atom stereocenters. The number of nitrogens with zero attached hydrogens (tertiary/aromatic N) is 1. The van der Waals surface area contributed by atoms with Crippen molar-refractivity contribution in [1.29, 1.82) is 0 Å². The van der Waals surface area contributed by atoms with Gasteiger partial charge in [-0.1, -0.05) is 63.7 Å². The minimum atomic E-state index is -4.87. The second kappa shape index (κ2) is 11.2. The van der Waals surface area contributed by atoms with Crippen LogP contribution in [-0.4, -0.2) is 29.9 Å². The average molecular weight is 674 g/mol. The summed E-state index contributed by atoms with van der Waals surface area (Å²) in [7, 11) is -1.12. The topological polar surface area (TPSA) is 80.2 Å². The predicted octanol–water partition coefficient (Wildman–Crippen LogP) is 7.63. The molecular weight excluding hydrogens is 650 g/mol. The smallest absolute Gasteiger partial charge is 0.423 e. The van der Waals surface area contributed by atoms with E-state index in [-0.39, 0.29) is 26.3 Å². The maximum Gasteiger partial charge on any atom is 0.492 e. The van der Waals surface area contributed by atoms with Crippen LogP contribution in [0.2, 0.25) is 20.1 Å². The summed E-state index contributed by atoms with van der Waals surface area (Å²) in [6.45, 7) is 7.06. The van der Waals surface area contributed by atoms with E-state index in [2.05, 4.69) is 10.5 Å². The van der Waals surface area contributed by atoms with Gasteiger partial charge in [0.05, 0.1) is 32.4 Å². The van der Waals surface area contributed by atoms with Gasteiger partial charge in [-0.05, 0) is 85.7 Å². The number of amides is 1. The number of hydrogen-bond donors (Lipinski definition) is 2. The van der Waals surface area contributed by atoms with Gasteiger partial charge >= 0.3 is 13.3 Å². The van der Waals surface area contributed by atoms with Gasteiger partial charge in [-0.2, -0.15) is 13.2 Å². The Morgan fingerprint density at radius 1 is 1.07 bits per heavy atom. The van der Waals surface area contributed by atoms with Gasteiger partial charge in [0.25, 0.3) is 11.5 Å². The van der Waals surface area contributed by atoms with E-state index in [9.17, 15) is 23.0 Å². The highest BCUT2D eigenvalue weighted by Crippen LogP contribution is 2.50. The van der Waals surface area contributed by atoms with Gasteiger partial charge in [0, 0.05) is 22.6 Å². The number of nitrogens with one attached hydrogen (secondary N) is 1. The molecule has 2 aliphatic heterocycles. The molecule has 2 N–H and O–H groups in total. The van der Waals surface area contributed by atoms with Crippen LogP contribution in [0, 0.1) is 6.92 Å². The summed E-state index contributed by atoms with van der Waals surface area (Å²) in [5, 5.41) is 17.0. The zero-order valence-corrected chi connectivity index (χ0v) is 26.2. The van der Waals surface area contributed by atoms with Crippen molar-refractivity contribution in [3.63, 3.8) is 0 Å². The second-order valence-electron chi connectivity index (χ2n) is 11.1. The van der Waals surface area contributed by atoms with E-state index in [1.54, 1.807) is 32.0 Å². The highest BCUT2D eigenvalue weighted by molar-refractivity contribution is 6.62. The Balaban J connectivity index is 1.37. The molecule has 2 heterocycles. The van der Waals surface area contributed by atoms with Crippen LogP contribution in [0.5, 0.6) is 0 Å². The molecule has 3 aromatic rings. The zero-order chi connectivity index (χ0) is 31.6. The molecule has 1 amide bonds. The Bertz CT molecular complexity index is 1660. The van der Waals surface area contributed by atoms with Gasteiger partial charge in [0.1, 0.15) is 0 Å². The first-order valence-corrected chi connectivity index (χ1v) is 14.5. The Kier molecular flexibility index (Phi) is 8.29. The van der Waals surface area contributed by atoms with E-state index >= 15 is 0 Å². The number of fused-ring (bicyclic) bond motifs is 1. The summed E-state index contributed by atoms with van der Waals surface area (Å²) in [4.78, 5) is 18.3. The summed E-state index contributed by atoms with van der Waals surface area (Å²) in [5.74, 6) is -0.426. The van der Waals surface area contributed by atoms with E-state index in [0.717, 1.165) is 17.7 Å². The van der Waals surface area contributed by atoms with Crippen molar-refractivity contribution < 1.29 is 32.5 Å². The fraction of sp³-hybridized carbons (Fsp3) is 0.310. The van der Waals surface area contributed by atoms with E-state index < -0.39 is 42.9 Å². The second-order valence-corrected chi connectivity index (χ2v) is 12.7. The molecule has 14 heteroatoms. The molecule has 0 bridgehead atoms. The van der Waals surface area contributed by atoms with E-state index in [1.807, 2.05) is 13.8 Å². The Morgan fingerprint density at radius 3 is 2.33 bits per heavy atom. The van der Waals surface area contributed by atoms with Crippen LogP contribution >= 0.6 is 46.4 Å². The molecule has 3 aromatic carbocycles. The Morgan fingerprint density at radius 2 is 1.72 bits per heavy atom. The normalized spacial score (nSPS) is 20.0. The number of alkyl halides is 3. The maximum absolute atomic E-state index is 14.4. The third-order valence-corrected chi connectivity index (χ3v) is 9.27. The number of rotatable bonds is 5. The van der Waals surface area contributed by atoms with Crippen LogP contribution in [0.25, 0.3) is 0 Å².